The maximum atomic E-state index is 12.4. The van der Waals surface area contributed by atoms with Gasteiger partial charge >= 0.3 is 0 Å². The van der Waals surface area contributed by atoms with E-state index in [0.717, 1.165) is 48.1 Å². The SMILES string of the molecule is COc1ccc(C)cc1NC(=O)CN1CCN(c2cccc(Cl)c2)CC1. The average molecular weight is 374 g/mol. The van der Waals surface area contributed by atoms with Crippen molar-refractivity contribution in [3.05, 3.63) is 53.1 Å². The molecule has 0 aliphatic carbocycles. The maximum absolute atomic E-state index is 12.4. The lowest BCUT2D eigenvalue weighted by Gasteiger charge is -2.35. The Balaban J connectivity index is 1.53. The fourth-order valence-electron chi connectivity index (χ4n) is 3.15. The number of halogens is 1. The van der Waals surface area contributed by atoms with Crippen molar-refractivity contribution >= 4 is 28.9 Å². The molecule has 5 nitrogen and oxygen atoms in total. The van der Waals surface area contributed by atoms with E-state index < -0.39 is 0 Å². The minimum absolute atomic E-state index is 0.0231. The summed E-state index contributed by atoms with van der Waals surface area (Å²) in [6, 6.07) is 13.6. The van der Waals surface area contributed by atoms with Crippen LogP contribution in [0.2, 0.25) is 5.02 Å². The molecule has 1 aliphatic rings. The molecule has 2 aromatic carbocycles. The topological polar surface area (TPSA) is 44.8 Å². The van der Waals surface area contributed by atoms with Gasteiger partial charge in [-0.05, 0) is 42.8 Å². The summed E-state index contributed by atoms with van der Waals surface area (Å²) >= 11 is 6.07. The quantitative estimate of drug-likeness (QED) is 0.872. The zero-order chi connectivity index (χ0) is 18.5. The predicted octanol–water partition coefficient (Wildman–Crippen LogP) is 3.42. The number of nitrogens with zero attached hydrogens (tertiary/aromatic N) is 2. The van der Waals surface area contributed by atoms with Crippen LogP contribution >= 0.6 is 11.6 Å². The first-order chi connectivity index (χ1) is 12.5. The zero-order valence-corrected chi connectivity index (χ0v) is 15.9. The van der Waals surface area contributed by atoms with E-state index in [1.165, 1.54) is 0 Å². The van der Waals surface area contributed by atoms with E-state index in [4.69, 9.17) is 16.3 Å². The lowest BCUT2D eigenvalue weighted by molar-refractivity contribution is -0.117. The number of piperazine rings is 1. The third kappa shape index (κ3) is 4.68. The Morgan fingerprint density at radius 3 is 2.62 bits per heavy atom. The van der Waals surface area contributed by atoms with Gasteiger partial charge in [0.1, 0.15) is 5.75 Å². The molecule has 26 heavy (non-hydrogen) atoms. The minimum atomic E-state index is -0.0231. The van der Waals surface area contributed by atoms with Gasteiger partial charge in [0.05, 0.1) is 19.3 Å². The monoisotopic (exact) mass is 373 g/mol. The Kier molecular flexibility index (Phi) is 6.01. The number of rotatable bonds is 5. The Morgan fingerprint density at radius 2 is 1.92 bits per heavy atom. The van der Waals surface area contributed by atoms with Crippen LogP contribution in [0, 0.1) is 6.92 Å². The van der Waals surface area contributed by atoms with Crippen molar-refractivity contribution in [1.82, 2.24) is 4.90 Å². The maximum Gasteiger partial charge on any atom is 0.238 e. The molecule has 1 amide bonds. The molecular formula is C20H24ClN3O2. The van der Waals surface area contributed by atoms with Crippen molar-refractivity contribution in [3.63, 3.8) is 0 Å². The van der Waals surface area contributed by atoms with Crippen LogP contribution in [0.15, 0.2) is 42.5 Å². The standard InChI is InChI=1S/C20H24ClN3O2/c1-15-6-7-19(26-2)18(12-15)22-20(25)14-23-8-10-24(11-9-23)17-5-3-4-16(21)13-17/h3-7,12-13H,8-11,14H2,1-2H3,(H,22,25). The van der Waals surface area contributed by atoms with Crippen LogP contribution in [0.1, 0.15) is 5.56 Å². The molecule has 2 aromatic rings. The van der Waals surface area contributed by atoms with E-state index >= 15 is 0 Å². The van der Waals surface area contributed by atoms with Crippen molar-refractivity contribution < 1.29 is 9.53 Å². The third-order valence-electron chi connectivity index (χ3n) is 4.54. The Bertz CT molecular complexity index is 773. The number of anilines is 2. The highest BCUT2D eigenvalue weighted by Gasteiger charge is 2.20. The number of nitrogens with one attached hydrogen (secondary N) is 1. The van der Waals surface area contributed by atoms with Gasteiger partial charge in [-0.3, -0.25) is 9.69 Å². The second kappa shape index (κ2) is 8.43. The molecule has 0 radical (unpaired) electrons. The fraction of sp³-hybridized carbons (Fsp3) is 0.350. The van der Waals surface area contributed by atoms with Crippen LogP contribution in [0.5, 0.6) is 5.75 Å². The Labute approximate surface area is 159 Å². The fourth-order valence-corrected chi connectivity index (χ4v) is 3.33. The van der Waals surface area contributed by atoms with Gasteiger partial charge in [0, 0.05) is 36.9 Å². The number of carbonyl (C=O) groups excluding carboxylic acids is 1. The second-order valence-corrected chi connectivity index (χ2v) is 6.93. The number of methoxy groups -OCH3 is 1. The van der Waals surface area contributed by atoms with Crippen LogP contribution in [-0.4, -0.2) is 50.6 Å². The van der Waals surface area contributed by atoms with Crippen molar-refractivity contribution in [2.75, 3.05) is 50.1 Å². The molecule has 1 fully saturated rings. The first-order valence-electron chi connectivity index (χ1n) is 8.72. The van der Waals surface area contributed by atoms with Gasteiger partial charge in [0.25, 0.3) is 0 Å². The van der Waals surface area contributed by atoms with Gasteiger partial charge in [0.15, 0.2) is 0 Å². The predicted molar refractivity (Wildman–Crippen MR) is 106 cm³/mol. The molecule has 6 heteroatoms. The molecule has 1 aliphatic heterocycles. The van der Waals surface area contributed by atoms with Crippen LogP contribution < -0.4 is 15.0 Å². The van der Waals surface area contributed by atoms with E-state index in [1.54, 1.807) is 7.11 Å². The van der Waals surface area contributed by atoms with Crippen molar-refractivity contribution in [2.24, 2.45) is 0 Å². The summed E-state index contributed by atoms with van der Waals surface area (Å²) in [7, 11) is 1.61. The van der Waals surface area contributed by atoms with E-state index in [2.05, 4.69) is 21.2 Å². The van der Waals surface area contributed by atoms with E-state index in [-0.39, 0.29) is 5.91 Å². The first kappa shape index (κ1) is 18.5. The van der Waals surface area contributed by atoms with E-state index in [9.17, 15) is 4.79 Å². The molecule has 1 heterocycles. The largest absolute Gasteiger partial charge is 0.495 e. The summed E-state index contributed by atoms with van der Waals surface area (Å²) < 4.78 is 5.32. The zero-order valence-electron chi connectivity index (χ0n) is 15.2. The summed E-state index contributed by atoms with van der Waals surface area (Å²) in [6.07, 6.45) is 0. The molecule has 1 N–H and O–H groups in total. The molecule has 138 valence electrons. The minimum Gasteiger partial charge on any atom is -0.495 e. The Hall–Kier alpha value is -2.24. The normalized spacial score (nSPS) is 15.0. The molecule has 0 saturated carbocycles. The summed E-state index contributed by atoms with van der Waals surface area (Å²) in [6.45, 7) is 5.79. The third-order valence-corrected chi connectivity index (χ3v) is 4.78. The molecule has 0 bridgehead atoms. The molecular weight excluding hydrogens is 350 g/mol. The number of hydrogen-bond donors (Lipinski definition) is 1. The average Bonchev–Trinajstić information content (AvgIpc) is 2.62. The van der Waals surface area contributed by atoms with Crippen LogP contribution in [-0.2, 0) is 4.79 Å². The van der Waals surface area contributed by atoms with Gasteiger partial charge in [-0.25, -0.2) is 0 Å². The number of ether oxygens (including phenoxy) is 1. The lowest BCUT2D eigenvalue weighted by Crippen LogP contribution is -2.48. The summed E-state index contributed by atoms with van der Waals surface area (Å²) in [4.78, 5) is 16.9. The lowest BCUT2D eigenvalue weighted by atomic mass is 10.2. The van der Waals surface area contributed by atoms with Crippen molar-refractivity contribution in [2.45, 2.75) is 6.92 Å². The second-order valence-electron chi connectivity index (χ2n) is 6.49. The van der Waals surface area contributed by atoms with Crippen LogP contribution in [0.25, 0.3) is 0 Å². The van der Waals surface area contributed by atoms with Gasteiger partial charge in [-0.2, -0.15) is 0 Å². The van der Waals surface area contributed by atoms with Crippen LogP contribution in [0.3, 0.4) is 0 Å². The van der Waals surface area contributed by atoms with Crippen LogP contribution in [0.4, 0.5) is 11.4 Å². The summed E-state index contributed by atoms with van der Waals surface area (Å²) in [5, 5.41) is 3.71. The first-order valence-corrected chi connectivity index (χ1v) is 9.10. The Morgan fingerprint density at radius 1 is 1.15 bits per heavy atom. The smallest absolute Gasteiger partial charge is 0.238 e. The number of aryl methyl sites for hydroxylation is 1. The number of benzene rings is 2. The van der Waals surface area contributed by atoms with Gasteiger partial charge in [-0.1, -0.05) is 23.7 Å². The molecule has 0 aromatic heterocycles. The summed E-state index contributed by atoms with van der Waals surface area (Å²) in [5.74, 6) is 0.653. The highest BCUT2D eigenvalue weighted by molar-refractivity contribution is 6.30. The summed E-state index contributed by atoms with van der Waals surface area (Å²) in [5.41, 5.74) is 2.93. The van der Waals surface area contributed by atoms with Gasteiger partial charge < -0.3 is 15.0 Å². The molecule has 3 rings (SSSR count). The van der Waals surface area contributed by atoms with Gasteiger partial charge in [0.2, 0.25) is 5.91 Å². The van der Waals surface area contributed by atoms with E-state index in [1.807, 2.05) is 43.3 Å². The molecule has 0 atom stereocenters. The highest BCUT2D eigenvalue weighted by atomic mass is 35.5. The molecule has 0 unspecified atom stereocenters. The molecule has 1 saturated heterocycles. The van der Waals surface area contributed by atoms with Crippen molar-refractivity contribution in [3.8, 4) is 5.75 Å². The number of hydrogen-bond acceptors (Lipinski definition) is 4. The number of amides is 1. The van der Waals surface area contributed by atoms with Gasteiger partial charge in [-0.15, -0.1) is 0 Å². The highest BCUT2D eigenvalue weighted by Crippen LogP contribution is 2.25. The molecule has 0 spiro atoms. The van der Waals surface area contributed by atoms with E-state index in [0.29, 0.717) is 12.3 Å². The number of carbonyl (C=O) groups is 1. The van der Waals surface area contributed by atoms with Crippen molar-refractivity contribution in [1.29, 1.82) is 0 Å².